The van der Waals surface area contributed by atoms with Crippen molar-refractivity contribution in [2.24, 2.45) is 5.10 Å². The van der Waals surface area contributed by atoms with Crippen LogP contribution in [0.5, 0.6) is 11.5 Å². The maximum absolute atomic E-state index is 12.9. The minimum absolute atomic E-state index is 0.00225. The van der Waals surface area contributed by atoms with Crippen LogP contribution in [-0.2, 0) is 0 Å². The molecule has 0 unspecified atom stereocenters. The second-order valence-electron chi connectivity index (χ2n) is 6.83. The maximum Gasteiger partial charge on any atom is 0.294 e. The Kier molecular flexibility index (Phi) is 6.77. The number of nitrogen functional groups attached to an aromatic ring is 1. The van der Waals surface area contributed by atoms with Crippen molar-refractivity contribution in [1.82, 2.24) is 30.7 Å². The fourth-order valence-electron chi connectivity index (χ4n) is 3.09. The zero-order valence-electron chi connectivity index (χ0n) is 18.5. The minimum Gasteiger partial charge on any atom is -0.494 e. The van der Waals surface area contributed by atoms with E-state index in [1.165, 1.54) is 10.9 Å². The fourth-order valence-corrected chi connectivity index (χ4v) is 3.09. The van der Waals surface area contributed by atoms with Crippen LogP contribution < -0.4 is 20.6 Å². The van der Waals surface area contributed by atoms with Crippen LogP contribution in [0.1, 0.15) is 29.9 Å². The Morgan fingerprint density at radius 2 is 1.71 bits per heavy atom. The Hall–Kier alpha value is -4.74. The van der Waals surface area contributed by atoms with Crippen molar-refractivity contribution in [2.75, 3.05) is 18.9 Å². The van der Waals surface area contributed by atoms with Crippen LogP contribution in [0, 0.1) is 0 Å². The molecule has 0 aliphatic heterocycles. The summed E-state index contributed by atoms with van der Waals surface area (Å²) in [6.07, 6.45) is 1.51. The first-order valence-electron chi connectivity index (χ1n) is 10.4. The number of hydrogen-bond donors (Lipinski definition) is 2. The summed E-state index contributed by atoms with van der Waals surface area (Å²) in [4.78, 5) is 12.9. The highest BCUT2D eigenvalue weighted by atomic mass is 16.6. The van der Waals surface area contributed by atoms with E-state index in [4.69, 9.17) is 15.2 Å². The largest absolute Gasteiger partial charge is 0.494 e. The summed E-state index contributed by atoms with van der Waals surface area (Å²) < 4.78 is 16.9. The summed E-state index contributed by atoms with van der Waals surface area (Å²) >= 11 is 0. The molecule has 2 heterocycles. The lowest BCUT2D eigenvalue weighted by atomic mass is 10.1. The average molecular weight is 462 g/mol. The molecule has 0 aliphatic rings. The number of rotatable bonds is 9. The number of carbonyl (C=O) groups excluding carboxylic acids is 1. The summed E-state index contributed by atoms with van der Waals surface area (Å²) in [6.45, 7) is 4.91. The number of aromatic nitrogens is 5. The smallest absolute Gasteiger partial charge is 0.294 e. The average Bonchev–Trinajstić information content (AvgIpc) is 3.47. The lowest BCUT2D eigenvalue weighted by Crippen LogP contribution is -2.19. The molecule has 0 spiro atoms. The van der Waals surface area contributed by atoms with Crippen LogP contribution in [0.4, 0.5) is 5.82 Å². The van der Waals surface area contributed by atoms with Crippen molar-refractivity contribution in [2.45, 2.75) is 13.8 Å². The van der Waals surface area contributed by atoms with E-state index in [9.17, 15) is 4.79 Å². The van der Waals surface area contributed by atoms with Gasteiger partial charge in [-0.05, 0) is 78.3 Å². The first-order valence-corrected chi connectivity index (χ1v) is 10.4. The van der Waals surface area contributed by atoms with Gasteiger partial charge in [0, 0.05) is 5.56 Å². The first kappa shape index (κ1) is 22.5. The third-order valence-electron chi connectivity index (χ3n) is 4.59. The molecule has 0 saturated carbocycles. The number of hydrazone groups is 1. The van der Waals surface area contributed by atoms with Crippen molar-refractivity contribution in [3.63, 3.8) is 0 Å². The predicted octanol–water partition coefficient (Wildman–Crippen LogP) is 2.46. The van der Waals surface area contributed by atoms with Crippen molar-refractivity contribution in [3.8, 4) is 28.6 Å². The number of amides is 1. The van der Waals surface area contributed by atoms with Gasteiger partial charge in [-0.3, -0.25) is 4.79 Å². The van der Waals surface area contributed by atoms with Gasteiger partial charge in [0.15, 0.2) is 5.69 Å². The number of ether oxygens (including phenoxy) is 2. The van der Waals surface area contributed by atoms with Crippen LogP contribution in [0.2, 0.25) is 0 Å². The van der Waals surface area contributed by atoms with Gasteiger partial charge in [0.05, 0.1) is 19.4 Å². The zero-order valence-corrected chi connectivity index (χ0v) is 18.5. The standard InChI is InChI=1S/C22H22N8O4/c1-3-32-16-9-5-14(6-10-16)13-24-26-22(31)18-19(15-7-11-17(12-8-15)33-4-2)30(29-25-18)21-20(23)27-34-28-21/h5-13H,3-4H2,1-2H3,(H2,23,27)(H,26,31)/b24-13-. The molecular weight excluding hydrogens is 440 g/mol. The molecule has 34 heavy (non-hydrogen) atoms. The van der Waals surface area contributed by atoms with Gasteiger partial charge in [0.1, 0.15) is 17.2 Å². The highest BCUT2D eigenvalue weighted by Crippen LogP contribution is 2.28. The predicted molar refractivity (Wildman–Crippen MR) is 123 cm³/mol. The van der Waals surface area contributed by atoms with Gasteiger partial charge >= 0.3 is 0 Å². The quantitative estimate of drug-likeness (QED) is 0.282. The van der Waals surface area contributed by atoms with E-state index in [2.05, 4.69) is 35.8 Å². The van der Waals surface area contributed by atoms with E-state index in [1.807, 2.05) is 38.1 Å². The van der Waals surface area contributed by atoms with Crippen molar-refractivity contribution in [3.05, 3.63) is 59.8 Å². The number of benzene rings is 2. The van der Waals surface area contributed by atoms with Gasteiger partial charge in [0.25, 0.3) is 5.91 Å². The molecule has 1 amide bonds. The normalized spacial score (nSPS) is 11.0. The molecule has 3 N–H and O–H groups in total. The highest BCUT2D eigenvalue weighted by Gasteiger charge is 2.25. The molecule has 2 aromatic heterocycles. The van der Waals surface area contributed by atoms with Gasteiger partial charge in [-0.25, -0.2) is 10.1 Å². The molecule has 0 saturated heterocycles. The molecule has 0 radical (unpaired) electrons. The van der Waals surface area contributed by atoms with Crippen LogP contribution in [0.15, 0.2) is 58.3 Å². The number of nitrogens with zero attached hydrogens (tertiary/aromatic N) is 6. The van der Waals surface area contributed by atoms with Gasteiger partial charge in [-0.15, -0.1) is 5.10 Å². The van der Waals surface area contributed by atoms with E-state index < -0.39 is 5.91 Å². The Bertz CT molecular complexity index is 1280. The number of hydrogen-bond acceptors (Lipinski definition) is 10. The van der Waals surface area contributed by atoms with E-state index in [0.717, 1.165) is 11.3 Å². The van der Waals surface area contributed by atoms with Gasteiger partial charge in [-0.1, -0.05) is 5.21 Å². The van der Waals surface area contributed by atoms with Crippen molar-refractivity contribution < 1.29 is 18.9 Å². The summed E-state index contributed by atoms with van der Waals surface area (Å²) in [5.74, 6) is 0.957. The van der Waals surface area contributed by atoms with Gasteiger partial charge < -0.3 is 15.2 Å². The van der Waals surface area contributed by atoms with E-state index in [0.29, 0.717) is 30.2 Å². The SMILES string of the molecule is CCOc1ccc(/C=N\NC(=O)c2nnn(-c3nonc3N)c2-c2ccc(OCC)cc2)cc1. The molecule has 4 rings (SSSR count). The Balaban J connectivity index is 1.61. The minimum atomic E-state index is -0.577. The van der Waals surface area contributed by atoms with Crippen molar-refractivity contribution in [1.29, 1.82) is 0 Å². The second-order valence-corrected chi connectivity index (χ2v) is 6.83. The van der Waals surface area contributed by atoms with Gasteiger partial charge in [0.2, 0.25) is 11.6 Å². The topological polar surface area (TPSA) is 156 Å². The van der Waals surface area contributed by atoms with E-state index in [1.54, 1.807) is 24.3 Å². The van der Waals surface area contributed by atoms with E-state index >= 15 is 0 Å². The molecular formula is C22H22N8O4. The summed E-state index contributed by atoms with van der Waals surface area (Å²) in [7, 11) is 0. The summed E-state index contributed by atoms with van der Waals surface area (Å²) in [5.41, 5.74) is 10.0. The molecule has 2 aromatic carbocycles. The number of nitrogens with one attached hydrogen (secondary N) is 1. The molecule has 4 aromatic rings. The van der Waals surface area contributed by atoms with Crippen molar-refractivity contribution >= 4 is 17.9 Å². The molecule has 0 aliphatic carbocycles. The third kappa shape index (κ3) is 4.85. The summed E-state index contributed by atoms with van der Waals surface area (Å²) in [5, 5.41) is 19.4. The molecule has 0 fully saturated rings. The summed E-state index contributed by atoms with van der Waals surface area (Å²) in [6, 6.07) is 14.4. The highest BCUT2D eigenvalue weighted by molar-refractivity contribution is 5.98. The Labute approximate surface area is 194 Å². The lowest BCUT2D eigenvalue weighted by Gasteiger charge is -2.07. The molecule has 174 valence electrons. The second kappa shape index (κ2) is 10.3. The lowest BCUT2D eigenvalue weighted by molar-refractivity contribution is 0.0950. The van der Waals surface area contributed by atoms with Crippen LogP contribution >= 0.6 is 0 Å². The van der Waals surface area contributed by atoms with Crippen LogP contribution in [0.25, 0.3) is 17.1 Å². The number of nitrogens with two attached hydrogens (primary N) is 1. The molecule has 12 nitrogen and oxygen atoms in total. The van der Waals surface area contributed by atoms with Crippen LogP contribution in [-0.4, -0.2) is 50.6 Å². The number of anilines is 1. The Morgan fingerprint density at radius 1 is 1.06 bits per heavy atom. The third-order valence-corrected chi connectivity index (χ3v) is 4.59. The molecule has 12 heteroatoms. The fraction of sp³-hybridized carbons (Fsp3) is 0.182. The zero-order chi connectivity index (χ0) is 23.9. The monoisotopic (exact) mass is 462 g/mol. The van der Waals surface area contributed by atoms with Gasteiger partial charge in [-0.2, -0.15) is 9.78 Å². The first-order chi connectivity index (χ1) is 16.6. The van der Waals surface area contributed by atoms with Crippen LogP contribution in [0.3, 0.4) is 0 Å². The van der Waals surface area contributed by atoms with E-state index in [-0.39, 0.29) is 17.3 Å². The Morgan fingerprint density at radius 3 is 2.29 bits per heavy atom. The number of carbonyl (C=O) groups is 1. The molecule has 0 atom stereocenters. The maximum atomic E-state index is 12.9. The molecule has 0 bridgehead atoms.